The van der Waals surface area contributed by atoms with Crippen molar-refractivity contribution in [2.75, 3.05) is 0 Å². The van der Waals surface area contributed by atoms with Crippen LogP contribution in [0.1, 0.15) is 17.2 Å². The molecule has 3 rings (SSSR count). The van der Waals surface area contributed by atoms with Crippen LogP contribution in [0.25, 0.3) is 22.4 Å². The topological polar surface area (TPSA) is 51.6 Å². The lowest BCUT2D eigenvalue weighted by Crippen LogP contribution is -2.01. The molecule has 94 valence electrons. The number of aromatic nitrogens is 4. The van der Waals surface area contributed by atoms with E-state index in [0.717, 1.165) is 33.8 Å². The summed E-state index contributed by atoms with van der Waals surface area (Å²) in [5.41, 5.74) is 3.57. The number of benzene rings is 1. The van der Waals surface area contributed by atoms with Crippen molar-refractivity contribution in [2.24, 2.45) is 0 Å². The summed E-state index contributed by atoms with van der Waals surface area (Å²) in [5.74, 6) is 1.45. The van der Waals surface area contributed by atoms with Gasteiger partial charge in [0.25, 0.3) is 0 Å². The van der Waals surface area contributed by atoms with Gasteiger partial charge in [0.2, 0.25) is 0 Å². The van der Waals surface area contributed by atoms with Gasteiger partial charge < -0.3 is 0 Å². The van der Waals surface area contributed by atoms with Crippen LogP contribution in [-0.2, 0) is 0 Å². The van der Waals surface area contributed by atoms with Crippen LogP contribution in [0.3, 0.4) is 0 Å². The average molecular weight is 250 g/mol. The van der Waals surface area contributed by atoms with Crippen molar-refractivity contribution in [3.05, 3.63) is 47.5 Å². The lowest BCUT2D eigenvalue weighted by molar-refractivity contribution is 1.01. The van der Waals surface area contributed by atoms with E-state index in [9.17, 15) is 0 Å². The van der Waals surface area contributed by atoms with Crippen molar-refractivity contribution < 1.29 is 0 Å². The van der Waals surface area contributed by atoms with Crippen LogP contribution < -0.4 is 0 Å². The zero-order valence-electron chi connectivity index (χ0n) is 11.2. The van der Waals surface area contributed by atoms with Crippen molar-refractivity contribution in [3.63, 3.8) is 0 Å². The predicted octanol–water partition coefficient (Wildman–Crippen LogP) is 3.01. The maximum Gasteiger partial charge on any atom is 0.167 e. The third kappa shape index (κ3) is 2.05. The fraction of sp³-hybridized carbons (Fsp3) is 0.200. The van der Waals surface area contributed by atoms with E-state index in [1.165, 1.54) is 0 Å². The lowest BCUT2D eigenvalue weighted by atomic mass is 10.2. The van der Waals surface area contributed by atoms with Crippen LogP contribution in [0.2, 0.25) is 0 Å². The monoisotopic (exact) mass is 250 g/mol. The Kier molecular flexibility index (Phi) is 2.71. The molecular formula is C15H14N4. The number of rotatable bonds is 1. The largest absolute Gasteiger partial charge is 0.238 e. The Morgan fingerprint density at radius 3 is 2.16 bits per heavy atom. The summed E-state index contributed by atoms with van der Waals surface area (Å²) in [6.45, 7) is 5.82. The van der Waals surface area contributed by atoms with E-state index in [1.807, 2.05) is 51.1 Å². The molecule has 0 aliphatic heterocycles. The summed E-state index contributed by atoms with van der Waals surface area (Å²) < 4.78 is 0. The normalized spacial score (nSPS) is 10.9. The average Bonchev–Trinajstić information content (AvgIpc) is 2.38. The van der Waals surface area contributed by atoms with Gasteiger partial charge in [-0.25, -0.2) is 19.9 Å². The van der Waals surface area contributed by atoms with Gasteiger partial charge in [-0.05, 0) is 20.8 Å². The van der Waals surface area contributed by atoms with Gasteiger partial charge in [-0.2, -0.15) is 0 Å². The van der Waals surface area contributed by atoms with Crippen LogP contribution in [-0.4, -0.2) is 19.9 Å². The van der Waals surface area contributed by atoms with Crippen molar-refractivity contribution in [1.82, 2.24) is 19.9 Å². The molecule has 19 heavy (non-hydrogen) atoms. The molecule has 0 N–H and O–H groups in total. The van der Waals surface area contributed by atoms with E-state index in [0.29, 0.717) is 5.82 Å². The Hall–Kier alpha value is -2.36. The predicted molar refractivity (Wildman–Crippen MR) is 74.8 cm³/mol. The Balaban J connectivity index is 2.31. The standard InChI is InChI=1S/C15H14N4/c1-9-13-10(2)17-14(12-7-5-4-6-8-12)19-15(13)18-11(3)16-9/h4-8H,1-3H3. The van der Waals surface area contributed by atoms with Gasteiger partial charge in [-0.1, -0.05) is 30.3 Å². The maximum atomic E-state index is 4.57. The molecular weight excluding hydrogens is 236 g/mol. The molecule has 0 aliphatic carbocycles. The second-order valence-electron chi connectivity index (χ2n) is 4.55. The number of aryl methyl sites for hydroxylation is 3. The van der Waals surface area contributed by atoms with Crippen molar-refractivity contribution in [2.45, 2.75) is 20.8 Å². The van der Waals surface area contributed by atoms with Crippen LogP contribution in [0, 0.1) is 20.8 Å². The summed E-state index contributed by atoms with van der Waals surface area (Å²) in [6, 6.07) is 9.94. The molecule has 2 aromatic heterocycles. The minimum Gasteiger partial charge on any atom is -0.238 e. The molecule has 4 heteroatoms. The van der Waals surface area contributed by atoms with Crippen molar-refractivity contribution >= 4 is 11.0 Å². The molecule has 2 heterocycles. The van der Waals surface area contributed by atoms with Gasteiger partial charge in [0, 0.05) is 5.56 Å². The summed E-state index contributed by atoms with van der Waals surface area (Å²) in [4.78, 5) is 17.9. The van der Waals surface area contributed by atoms with E-state index in [1.54, 1.807) is 0 Å². The third-order valence-electron chi connectivity index (χ3n) is 3.06. The van der Waals surface area contributed by atoms with Gasteiger partial charge in [-0.3, -0.25) is 0 Å². The molecule has 0 radical (unpaired) electrons. The van der Waals surface area contributed by atoms with Crippen molar-refractivity contribution in [3.8, 4) is 11.4 Å². The third-order valence-corrected chi connectivity index (χ3v) is 3.06. The highest BCUT2D eigenvalue weighted by atomic mass is 15.0. The molecule has 0 atom stereocenters. The van der Waals surface area contributed by atoms with E-state index in [2.05, 4.69) is 19.9 Å². The highest BCUT2D eigenvalue weighted by Gasteiger charge is 2.10. The molecule has 0 aliphatic rings. The molecule has 0 fully saturated rings. The molecule has 4 nitrogen and oxygen atoms in total. The zero-order valence-corrected chi connectivity index (χ0v) is 11.2. The molecule has 1 aromatic carbocycles. The summed E-state index contributed by atoms with van der Waals surface area (Å²) in [6.07, 6.45) is 0. The highest BCUT2D eigenvalue weighted by molar-refractivity contribution is 5.81. The maximum absolute atomic E-state index is 4.57. The summed E-state index contributed by atoms with van der Waals surface area (Å²) >= 11 is 0. The fourth-order valence-electron chi connectivity index (χ4n) is 2.26. The lowest BCUT2D eigenvalue weighted by Gasteiger charge is -2.07. The summed E-state index contributed by atoms with van der Waals surface area (Å²) in [5, 5.41) is 0.949. The first-order valence-electron chi connectivity index (χ1n) is 6.20. The number of hydrogen-bond donors (Lipinski definition) is 0. The first-order chi connectivity index (χ1) is 9.15. The van der Waals surface area contributed by atoms with Crippen LogP contribution in [0.5, 0.6) is 0 Å². The van der Waals surface area contributed by atoms with Crippen LogP contribution in [0.15, 0.2) is 30.3 Å². The van der Waals surface area contributed by atoms with Crippen LogP contribution in [0.4, 0.5) is 0 Å². The van der Waals surface area contributed by atoms with Crippen molar-refractivity contribution in [1.29, 1.82) is 0 Å². The second-order valence-corrected chi connectivity index (χ2v) is 4.55. The molecule has 0 saturated heterocycles. The first kappa shape index (κ1) is 11.7. The van der Waals surface area contributed by atoms with E-state index < -0.39 is 0 Å². The highest BCUT2D eigenvalue weighted by Crippen LogP contribution is 2.21. The van der Waals surface area contributed by atoms with Gasteiger partial charge in [0.15, 0.2) is 11.5 Å². The van der Waals surface area contributed by atoms with Crippen LogP contribution >= 0.6 is 0 Å². The molecule has 0 spiro atoms. The number of fused-ring (bicyclic) bond motifs is 1. The zero-order chi connectivity index (χ0) is 13.4. The quantitative estimate of drug-likeness (QED) is 0.666. The Bertz CT molecular complexity index is 751. The van der Waals surface area contributed by atoms with Gasteiger partial charge >= 0.3 is 0 Å². The van der Waals surface area contributed by atoms with E-state index in [4.69, 9.17) is 0 Å². The van der Waals surface area contributed by atoms with Gasteiger partial charge in [-0.15, -0.1) is 0 Å². The van der Waals surface area contributed by atoms with Gasteiger partial charge in [0.1, 0.15) is 5.82 Å². The molecule has 0 amide bonds. The molecule has 0 unspecified atom stereocenters. The fourth-order valence-corrected chi connectivity index (χ4v) is 2.26. The Morgan fingerprint density at radius 2 is 1.42 bits per heavy atom. The van der Waals surface area contributed by atoms with E-state index in [-0.39, 0.29) is 0 Å². The second kappa shape index (κ2) is 4.39. The minimum absolute atomic E-state index is 0.711. The molecule has 0 bridgehead atoms. The first-order valence-corrected chi connectivity index (χ1v) is 6.20. The van der Waals surface area contributed by atoms with Gasteiger partial charge in [0.05, 0.1) is 16.8 Å². The Morgan fingerprint density at radius 1 is 0.737 bits per heavy atom. The Labute approximate surface area is 111 Å². The number of hydrogen-bond acceptors (Lipinski definition) is 4. The molecule has 0 saturated carbocycles. The number of nitrogens with zero attached hydrogens (tertiary/aromatic N) is 4. The molecule has 3 aromatic rings. The summed E-state index contributed by atoms with van der Waals surface area (Å²) in [7, 11) is 0. The van der Waals surface area contributed by atoms with E-state index >= 15 is 0 Å². The smallest absolute Gasteiger partial charge is 0.167 e. The minimum atomic E-state index is 0.711. The SMILES string of the molecule is Cc1nc(C)c2c(C)nc(-c3ccccc3)nc2n1.